The monoisotopic (exact) mass is 308 g/mol. The highest BCUT2D eigenvalue weighted by atomic mass is 16.5. The first kappa shape index (κ1) is 18.5. The molecule has 0 bridgehead atoms. The predicted molar refractivity (Wildman–Crippen MR) is 86.2 cm³/mol. The van der Waals surface area contributed by atoms with Crippen molar-refractivity contribution in [1.29, 1.82) is 0 Å². The summed E-state index contributed by atoms with van der Waals surface area (Å²) in [6, 6.07) is 0. The maximum Gasteiger partial charge on any atom is 0.333 e. The first-order chi connectivity index (χ1) is 10.3. The van der Waals surface area contributed by atoms with Crippen molar-refractivity contribution in [2.75, 3.05) is 13.2 Å². The zero-order chi connectivity index (χ0) is 16.7. The fraction of sp³-hybridized carbons (Fsp3) is 0.667. The van der Waals surface area contributed by atoms with Crippen LogP contribution in [0.1, 0.15) is 46.5 Å². The second-order valence-corrected chi connectivity index (χ2v) is 6.54. The van der Waals surface area contributed by atoms with E-state index in [2.05, 4.69) is 20.1 Å². The molecule has 0 radical (unpaired) electrons. The summed E-state index contributed by atoms with van der Waals surface area (Å²) in [6.45, 7) is 13.2. The Kier molecular flexibility index (Phi) is 7.36. The first-order valence-corrected chi connectivity index (χ1v) is 7.96. The van der Waals surface area contributed by atoms with Crippen LogP contribution in [0.25, 0.3) is 0 Å². The molecule has 0 aliphatic heterocycles. The summed E-state index contributed by atoms with van der Waals surface area (Å²) >= 11 is 0. The molecule has 0 amide bonds. The van der Waals surface area contributed by atoms with Gasteiger partial charge in [-0.3, -0.25) is 0 Å². The van der Waals surface area contributed by atoms with Crippen molar-refractivity contribution in [2.24, 2.45) is 17.8 Å². The van der Waals surface area contributed by atoms with E-state index in [9.17, 15) is 9.59 Å². The molecule has 4 nitrogen and oxygen atoms in total. The molecule has 0 heterocycles. The average Bonchev–Trinajstić information content (AvgIpc) is 2.47. The summed E-state index contributed by atoms with van der Waals surface area (Å²) in [6.07, 6.45) is 4.51. The lowest BCUT2D eigenvalue weighted by molar-refractivity contribution is -0.145. The van der Waals surface area contributed by atoms with Gasteiger partial charge in [0.1, 0.15) is 0 Å². The Morgan fingerprint density at radius 2 is 1.36 bits per heavy atom. The number of esters is 2. The van der Waals surface area contributed by atoms with E-state index in [1.54, 1.807) is 13.8 Å². The van der Waals surface area contributed by atoms with Gasteiger partial charge in [0.15, 0.2) is 0 Å². The molecule has 22 heavy (non-hydrogen) atoms. The molecule has 0 aromatic carbocycles. The number of hydrogen-bond acceptors (Lipinski definition) is 4. The Hall–Kier alpha value is -1.58. The number of carbonyl (C=O) groups is 2. The second kappa shape index (κ2) is 8.76. The maximum absolute atomic E-state index is 11.6. The average molecular weight is 308 g/mol. The minimum Gasteiger partial charge on any atom is -0.462 e. The topological polar surface area (TPSA) is 52.6 Å². The molecular formula is C18H28O4. The smallest absolute Gasteiger partial charge is 0.333 e. The molecule has 124 valence electrons. The van der Waals surface area contributed by atoms with Gasteiger partial charge >= 0.3 is 11.9 Å². The first-order valence-electron chi connectivity index (χ1n) is 7.96. The van der Waals surface area contributed by atoms with Crippen molar-refractivity contribution in [2.45, 2.75) is 46.5 Å². The summed E-state index contributed by atoms with van der Waals surface area (Å²) < 4.78 is 10.6. The lowest BCUT2D eigenvalue weighted by Crippen LogP contribution is -2.30. The van der Waals surface area contributed by atoms with Crippen LogP contribution in [-0.2, 0) is 19.1 Å². The van der Waals surface area contributed by atoms with E-state index in [-0.39, 0.29) is 31.1 Å². The Labute approximate surface area is 133 Å². The van der Waals surface area contributed by atoms with Crippen LogP contribution in [0.2, 0.25) is 0 Å². The molecule has 1 fully saturated rings. The summed E-state index contributed by atoms with van der Waals surface area (Å²) in [5, 5.41) is 0. The number of rotatable bonds is 7. The molecule has 0 aromatic rings. The van der Waals surface area contributed by atoms with E-state index in [0.29, 0.717) is 17.1 Å². The fourth-order valence-electron chi connectivity index (χ4n) is 2.69. The molecule has 0 saturated heterocycles. The van der Waals surface area contributed by atoms with Crippen LogP contribution in [0.15, 0.2) is 24.3 Å². The van der Waals surface area contributed by atoms with E-state index in [0.717, 1.165) is 18.8 Å². The predicted octanol–water partition coefficient (Wildman–Crippen LogP) is 3.67. The van der Waals surface area contributed by atoms with Crippen LogP contribution in [0.5, 0.6) is 0 Å². The highest BCUT2D eigenvalue weighted by molar-refractivity contribution is 5.87. The van der Waals surface area contributed by atoms with Crippen molar-refractivity contribution in [3.8, 4) is 0 Å². The Morgan fingerprint density at radius 1 is 0.955 bits per heavy atom. The fourth-order valence-corrected chi connectivity index (χ4v) is 2.69. The van der Waals surface area contributed by atoms with E-state index >= 15 is 0 Å². The quantitative estimate of drug-likeness (QED) is 0.532. The highest BCUT2D eigenvalue weighted by Crippen LogP contribution is 2.33. The summed E-state index contributed by atoms with van der Waals surface area (Å²) in [7, 11) is 0. The third-order valence-electron chi connectivity index (χ3n) is 4.28. The van der Waals surface area contributed by atoms with Crippen LogP contribution in [-0.4, -0.2) is 25.2 Å². The Balaban J connectivity index is 2.59. The Morgan fingerprint density at radius 3 is 1.73 bits per heavy atom. The summed E-state index contributed by atoms with van der Waals surface area (Å²) in [5.74, 6) is 0.430. The van der Waals surface area contributed by atoms with Gasteiger partial charge in [-0.25, -0.2) is 9.59 Å². The molecule has 1 aliphatic carbocycles. The lowest BCUT2D eigenvalue weighted by atomic mass is 9.77. The molecule has 1 rings (SSSR count). The minimum absolute atomic E-state index is 0.0408. The third kappa shape index (κ3) is 6.04. The van der Waals surface area contributed by atoms with Crippen molar-refractivity contribution < 1.29 is 19.1 Å². The van der Waals surface area contributed by atoms with Crippen molar-refractivity contribution in [3.05, 3.63) is 24.3 Å². The van der Waals surface area contributed by atoms with E-state index in [1.165, 1.54) is 12.8 Å². The maximum atomic E-state index is 11.6. The molecule has 0 aromatic heterocycles. The van der Waals surface area contributed by atoms with Gasteiger partial charge < -0.3 is 9.47 Å². The largest absolute Gasteiger partial charge is 0.462 e. The van der Waals surface area contributed by atoms with E-state index < -0.39 is 0 Å². The van der Waals surface area contributed by atoms with Gasteiger partial charge in [0, 0.05) is 17.1 Å². The minimum atomic E-state index is -0.389. The number of hydrogen-bond donors (Lipinski definition) is 0. The van der Waals surface area contributed by atoms with E-state index in [1.807, 2.05) is 0 Å². The van der Waals surface area contributed by atoms with Gasteiger partial charge in [-0.05, 0) is 38.5 Å². The Bertz CT molecular complexity index is 400. The molecule has 0 N–H and O–H groups in total. The molecule has 4 heteroatoms. The standard InChI is InChI=1S/C18H28O4/c1-12(2)17(19)21-10-16(11-22-18(20)13(3)4)15-8-6-14(5)7-9-15/h14-16H,1,3,6-11H2,2,4-5H3. The van der Waals surface area contributed by atoms with Crippen molar-refractivity contribution in [1.82, 2.24) is 0 Å². The zero-order valence-electron chi connectivity index (χ0n) is 14.0. The van der Waals surface area contributed by atoms with Gasteiger partial charge in [0.25, 0.3) is 0 Å². The molecule has 0 atom stereocenters. The molecule has 0 spiro atoms. The number of carbonyl (C=O) groups excluding carboxylic acids is 2. The molecular weight excluding hydrogens is 280 g/mol. The van der Waals surface area contributed by atoms with Gasteiger partial charge in [-0.15, -0.1) is 0 Å². The second-order valence-electron chi connectivity index (χ2n) is 6.54. The molecule has 0 unspecified atom stereocenters. The van der Waals surface area contributed by atoms with Gasteiger partial charge in [-0.1, -0.05) is 32.9 Å². The number of ether oxygens (including phenoxy) is 2. The van der Waals surface area contributed by atoms with Crippen LogP contribution >= 0.6 is 0 Å². The highest BCUT2D eigenvalue weighted by Gasteiger charge is 2.28. The van der Waals surface area contributed by atoms with E-state index in [4.69, 9.17) is 9.47 Å². The van der Waals surface area contributed by atoms with Crippen LogP contribution in [0.4, 0.5) is 0 Å². The third-order valence-corrected chi connectivity index (χ3v) is 4.28. The van der Waals surface area contributed by atoms with Crippen molar-refractivity contribution >= 4 is 11.9 Å². The lowest BCUT2D eigenvalue weighted by Gasteiger charge is -2.32. The summed E-state index contributed by atoms with van der Waals surface area (Å²) in [5.41, 5.74) is 0.768. The van der Waals surface area contributed by atoms with Gasteiger partial charge in [0.05, 0.1) is 13.2 Å². The van der Waals surface area contributed by atoms with Crippen LogP contribution in [0, 0.1) is 17.8 Å². The van der Waals surface area contributed by atoms with Crippen molar-refractivity contribution in [3.63, 3.8) is 0 Å². The van der Waals surface area contributed by atoms with Crippen LogP contribution in [0.3, 0.4) is 0 Å². The van der Waals surface area contributed by atoms with Crippen LogP contribution < -0.4 is 0 Å². The van der Waals surface area contributed by atoms with Gasteiger partial charge in [-0.2, -0.15) is 0 Å². The normalized spacial score (nSPS) is 21.3. The molecule has 1 aliphatic rings. The van der Waals surface area contributed by atoms with Gasteiger partial charge in [0.2, 0.25) is 0 Å². The summed E-state index contributed by atoms with van der Waals surface area (Å²) in [4.78, 5) is 23.2. The molecule has 1 saturated carbocycles. The zero-order valence-corrected chi connectivity index (χ0v) is 14.0. The SMILES string of the molecule is C=C(C)C(=O)OCC(COC(=O)C(=C)C)C1CCC(C)CC1.